The first-order valence-electron chi connectivity index (χ1n) is 9.38. The molecule has 2 aromatic rings. The van der Waals surface area contributed by atoms with Crippen molar-refractivity contribution in [3.05, 3.63) is 35.9 Å². The van der Waals surface area contributed by atoms with Crippen LogP contribution in [0.1, 0.15) is 35.2 Å². The van der Waals surface area contributed by atoms with Gasteiger partial charge < -0.3 is 18.9 Å². The van der Waals surface area contributed by atoms with Crippen molar-refractivity contribution in [2.75, 3.05) is 14.2 Å². The number of carbonyl (C=O) groups is 3. The number of Topliss-reactive ketones (excluding diaryl/α,β-unsaturated/α-hetero) is 1. The Hall–Kier alpha value is -3.49. The summed E-state index contributed by atoms with van der Waals surface area (Å²) < 4.78 is 22.0. The maximum atomic E-state index is 13.3. The Morgan fingerprint density at radius 1 is 1.20 bits per heavy atom. The predicted molar refractivity (Wildman–Crippen MR) is 102 cm³/mol. The van der Waals surface area contributed by atoms with Crippen LogP contribution in [0.2, 0.25) is 0 Å². The van der Waals surface area contributed by atoms with E-state index < -0.39 is 23.6 Å². The fourth-order valence-electron chi connectivity index (χ4n) is 4.07. The van der Waals surface area contributed by atoms with Gasteiger partial charge in [-0.15, -0.1) is 0 Å². The van der Waals surface area contributed by atoms with E-state index in [2.05, 4.69) is 9.97 Å². The molecule has 0 N–H and O–H groups in total. The van der Waals surface area contributed by atoms with Crippen molar-refractivity contribution in [3.63, 3.8) is 0 Å². The van der Waals surface area contributed by atoms with Gasteiger partial charge in [0.25, 0.3) is 0 Å². The van der Waals surface area contributed by atoms with E-state index in [1.807, 2.05) is 6.92 Å². The monoisotopic (exact) mass is 412 g/mol. The number of ether oxygens (including phenoxy) is 4. The van der Waals surface area contributed by atoms with Crippen molar-refractivity contribution in [2.45, 2.75) is 37.9 Å². The molecule has 1 fully saturated rings. The van der Waals surface area contributed by atoms with Crippen LogP contribution >= 0.6 is 0 Å². The lowest BCUT2D eigenvalue weighted by Crippen LogP contribution is -2.58. The predicted octanol–water partition coefficient (Wildman–Crippen LogP) is 2.04. The maximum Gasteiger partial charge on any atom is 0.354 e. The molecule has 1 aromatic carbocycles. The molecular formula is C21H20N2O7. The molecule has 9 nitrogen and oxygen atoms in total. The molecule has 0 unspecified atom stereocenters. The number of aromatic nitrogens is 2. The summed E-state index contributed by atoms with van der Waals surface area (Å²) in [6, 6.07) is 1.73. The number of esters is 2. The number of benzene rings is 1. The molecule has 1 aromatic heterocycles. The third-order valence-corrected chi connectivity index (χ3v) is 5.43. The summed E-state index contributed by atoms with van der Waals surface area (Å²) in [5, 5.41) is 0. The minimum absolute atomic E-state index is 0.129. The highest BCUT2D eigenvalue weighted by Gasteiger charge is 2.58. The van der Waals surface area contributed by atoms with Gasteiger partial charge in [0.15, 0.2) is 11.9 Å². The number of hydrogen-bond donors (Lipinski definition) is 0. The lowest BCUT2D eigenvalue weighted by Gasteiger charge is -2.39. The highest BCUT2D eigenvalue weighted by molar-refractivity contribution is 6.08. The number of methoxy groups -OCH3 is 2. The van der Waals surface area contributed by atoms with Crippen LogP contribution < -0.4 is 9.47 Å². The largest absolute Gasteiger partial charge is 0.496 e. The van der Waals surface area contributed by atoms with Gasteiger partial charge in [-0.1, -0.05) is 0 Å². The fraction of sp³-hybridized carbons (Fsp3) is 0.381. The van der Waals surface area contributed by atoms with Crippen molar-refractivity contribution in [1.29, 1.82) is 0 Å². The second-order valence-electron chi connectivity index (χ2n) is 7.20. The van der Waals surface area contributed by atoms with Crippen molar-refractivity contribution in [3.8, 4) is 22.6 Å². The van der Waals surface area contributed by atoms with Crippen molar-refractivity contribution in [2.24, 2.45) is 0 Å². The van der Waals surface area contributed by atoms with Gasteiger partial charge in [-0.25, -0.2) is 14.8 Å². The normalized spacial score (nSPS) is 22.7. The van der Waals surface area contributed by atoms with Gasteiger partial charge in [-0.3, -0.25) is 9.59 Å². The maximum absolute atomic E-state index is 13.3. The van der Waals surface area contributed by atoms with Crippen LogP contribution in [0.5, 0.6) is 11.5 Å². The first-order chi connectivity index (χ1) is 14.4. The molecule has 0 aliphatic carbocycles. The highest BCUT2D eigenvalue weighted by atomic mass is 16.6. The highest BCUT2D eigenvalue weighted by Crippen LogP contribution is 2.49. The summed E-state index contributed by atoms with van der Waals surface area (Å²) in [4.78, 5) is 46.0. The van der Waals surface area contributed by atoms with Gasteiger partial charge in [-0.05, 0) is 25.0 Å². The van der Waals surface area contributed by atoms with Gasteiger partial charge in [0.2, 0.25) is 5.60 Å². The summed E-state index contributed by atoms with van der Waals surface area (Å²) in [5.41, 5.74) is 0.319. The average Bonchev–Trinajstić information content (AvgIpc) is 3.19. The summed E-state index contributed by atoms with van der Waals surface area (Å²) in [6.45, 7) is 1.82. The standard InChI is InChI=1S/C21H20N2O7/c1-11-6-14(27-2)18-13(24)7-21(20(26)28-3,15-4-5-16(25)29-15)30-19(18)17(11)12-8-22-10-23-9-12/h6,8-10,15H,4-5,7H2,1-3H3/t15-,21-/m1/s1. The lowest BCUT2D eigenvalue weighted by molar-refractivity contribution is -0.175. The number of nitrogens with zero attached hydrogens (tertiary/aromatic N) is 2. The zero-order chi connectivity index (χ0) is 21.5. The first-order valence-corrected chi connectivity index (χ1v) is 9.38. The number of carbonyl (C=O) groups excluding carboxylic acids is 3. The molecule has 9 heteroatoms. The quantitative estimate of drug-likeness (QED) is 0.696. The molecule has 0 amide bonds. The third kappa shape index (κ3) is 2.97. The molecule has 4 rings (SSSR count). The van der Waals surface area contributed by atoms with E-state index in [0.29, 0.717) is 16.9 Å². The third-order valence-electron chi connectivity index (χ3n) is 5.43. The van der Waals surface area contributed by atoms with Crippen molar-refractivity contribution in [1.82, 2.24) is 9.97 Å². The Morgan fingerprint density at radius 3 is 2.53 bits per heavy atom. The van der Waals surface area contributed by atoms with Crippen LogP contribution in [-0.2, 0) is 19.1 Å². The molecule has 3 heterocycles. The van der Waals surface area contributed by atoms with E-state index in [-0.39, 0.29) is 36.4 Å². The Labute approximate surface area is 172 Å². The smallest absolute Gasteiger partial charge is 0.354 e. The summed E-state index contributed by atoms with van der Waals surface area (Å²) >= 11 is 0. The van der Waals surface area contributed by atoms with Gasteiger partial charge in [0.1, 0.15) is 23.4 Å². The molecule has 0 bridgehead atoms. The Bertz CT molecular complexity index is 1040. The summed E-state index contributed by atoms with van der Waals surface area (Å²) in [5.74, 6) is -1.12. The van der Waals surface area contributed by atoms with Crippen LogP contribution in [0.3, 0.4) is 0 Å². The number of cyclic esters (lactones) is 1. The van der Waals surface area contributed by atoms with Crippen LogP contribution in [-0.4, -0.2) is 53.6 Å². The molecule has 2 aliphatic heterocycles. The van der Waals surface area contributed by atoms with Gasteiger partial charge in [-0.2, -0.15) is 0 Å². The molecule has 2 atom stereocenters. The van der Waals surface area contributed by atoms with Crippen LogP contribution in [0, 0.1) is 6.92 Å². The lowest BCUT2D eigenvalue weighted by atomic mass is 9.82. The van der Waals surface area contributed by atoms with E-state index in [1.165, 1.54) is 20.5 Å². The molecule has 1 saturated heterocycles. The Balaban J connectivity index is 1.96. The Morgan fingerprint density at radius 2 is 1.93 bits per heavy atom. The van der Waals surface area contributed by atoms with Crippen LogP contribution in [0.25, 0.3) is 11.1 Å². The topological polar surface area (TPSA) is 114 Å². The number of aryl methyl sites for hydroxylation is 1. The second-order valence-corrected chi connectivity index (χ2v) is 7.20. The zero-order valence-electron chi connectivity index (χ0n) is 16.8. The summed E-state index contributed by atoms with van der Waals surface area (Å²) in [6.07, 6.45) is 3.64. The molecule has 30 heavy (non-hydrogen) atoms. The molecule has 0 saturated carbocycles. The van der Waals surface area contributed by atoms with E-state index in [9.17, 15) is 14.4 Å². The van der Waals surface area contributed by atoms with E-state index in [0.717, 1.165) is 5.56 Å². The van der Waals surface area contributed by atoms with Gasteiger partial charge in [0, 0.05) is 29.9 Å². The number of hydrogen-bond acceptors (Lipinski definition) is 9. The molecule has 0 radical (unpaired) electrons. The van der Waals surface area contributed by atoms with Gasteiger partial charge >= 0.3 is 11.9 Å². The minimum atomic E-state index is -1.78. The molecule has 156 valence electrons. The molecule has 0 spiro atoms. The average molecular weight is 412 g/mol. The minimum Gasteiger partial charge on any atom is -0.496 e. The molecular weight excluding hydrogens is 392 g/mol. The van der Waals surface area contributed by atoms with Crippen molar-refractivity contribution < 1.29 is 33.3 Å². The molecule has 2 aliphatic rings. The number of rotatable bonds is 4. The zero-order valence-corrected chi connectivity index (χ0v) is 16.8. The van der Waals surface area contributed by atoms with Crippen LogP contribution in [0.15, 0.2) is 24.8 Å². The second kappa shape index (κ2) is 7.40. The summed E-state index contributed by atoms with van der Waals surface area (Å²) in [7, 11) is 2.65. The van der Waals surface area contributed by atoms with Crippen molar-refractivity contribution >= 4 is 17.7 Å². The van der Waals surface area contributed by atoms with E-state index in [4.69, 9.17) is 18.9 Å². The van der Waals surface area contributed by atoms with E-state index in [1.54, 1.807) is 18.5 Å². The SMILES string of the molecule is COC(=O)[C@]1([C@H]2CCC(=O)O2)CC(=O)c2c(OC)cc(C)c(-c3cncnc3)c2O1. The fourth-order valence-corrected chi connectivity index (χ4v) is 4.07. The van der Waals surface area contributed by atoms with Gasteiger partial charge in [0.05, 0.1) is 20.6 Å². The van der Waals surface area contributed by atoms with E-state index >= 15 is 0 Å². The first kappa shape index (κ1) is 19.8. The Kier molecular flexibility index (Phi) is 4.89. The number of ketones is 1. The number of fused-ring (bicyclic) bond motifs is 1. The van der Waals surface area contributed by atoms with Crippen LogP contribution in [0.4, 0.5) is 0 Å².